The zero-order valence-corrected chi connectivity index (χ0v) is 20.5. The molecule has 0 aliphatic carbocycles. The number of aromatic carboxylic acids is 1. The number of aromatic nitrogens is 2. The van der Waals surface area contributed by atoms with Crippen LogP contribution in [0, 0.1) is 11.6 Å². The van der Waals surface area contributed by atoms with E-state index in [1.165, 1.54) is 28.8 Å². The topological polar surface area (TPSA) is 83.7 Å². The van der Waals surface area contributed by atoms with Crippen molar-refractivity contribution in [3.8, 4) is 11.1 Å². The van der Waals surface area contributed by atoms with Crippen LogP contribution in [0.25, 0.3) is 16.6 Å². The molecule has 1 amide bonds. The maximum Gasteiger partial charge on any atom is 0.335 e. The van der Waals surface area contributed by atoms with Gasteiger partial charge in [-0.15, -0.1) is 0 Å². The van der Waals surface area contributed by atoms with Crippen molar-refractivity contribution in [3.63, 3.8) is 0 Å². The number of halogens is 3. The van der Waals surface area contributed by atoms with Crippen LogP contribution in [0.2, 0.25) is 5.02 Å². The number of rotatable bonds is 7. The van der Waals surface area contributed by atoms with Crippen LogP contribution in [0.1, 0.15) is 37.4 Å². The summed E-state index contributed by atoms with van der Waals surface area (Å²) in [4.78, 5) is 24.6. The van der Waals surface area contributed by atoms with E-state index in [1.54, 1.807) is 36.7 Å². The Hall–Kier alpha value is -4.56. The lowest BCUT2D eigenvalue weighted by atomic mass is 10.0. The van der Waals surface area contributed by atoms with Crippen molar-refractivity contribution in [2.45, 2.75) is 13.0 Å². The van der Waals surface area contributed by atoms with Gasteiger partial charge in [0, 0.05) is 41.4 Å². The van der Waals surface area contributed by atoms with Crippen LogP contribution in [0.15, 0.2) is 85.2 Å². The van der Waals surface area contributed by atoms with E-state index < -0.39 is 23.5 Å². The Morgan fingerprint density at radius 2 is 1.66 bits per heavy atom. The highest BCUT2D eigenvalue weighted by Crippen LogP contribution is 2.28. The Kier molecular flexibility index (Phi) is 6.89. The fourth-order valence-electron chi connectivity index (χ4n) is 4.28. The highest BCUT2D eigenvalue weighted by molar-refractivity contribution is 6.30. The molecule has 190 valence electrons. The van der Waals surface area contributed by atoms with Crippen LogP contribution in [0.5, 0.6) is 0 Å². The zero-order chi connectivity index (χ0) is 26.8. The first-order valence-corrected chi connectivity index (χ1v) is 12.0. The minimum absolute atomic E-state index is 0.140. The van der Waals surface area contributed by atoms with Gasteiger partial charge in [0.05, 0.1) is 22.8 Å². The molecule has 0 atom stereocenters. The van der Waals surface area contributed by atoms with Gasteiger partial charge in [0.15, 0.2) is 0 Å². The molecule has 6 nitrogen and oxygen atoms in total. The molecular formula is C29H20ClF2N3O3. The first-order valence-electron chi connectivity index (χ1n) is 11.6. The van der Waals surface area contributed by atoms with Gasteiger partial charge < -0.3 is 10.4 Å². The molecule has 0 saturated heterocycles. The molecule has 5 aromatic rings. The molecule has 0 radical (unpaired) electrons. The van der Waals surface area contributed by atoms with Gasteiger partial charge in [-0.3, -0.25) is 4.79 Å². The third kappa shape index (κ3) is 5.40. The van der Waals surface area contributed by atoms with Crippen LogP contribution in [-0.2, 0) is 13.0 Å². The van der Waals surface area contributed by atoms with E-state index in [0.29, 0.717) is 28.1 Å². The van der Waals surface area contributed by atoms with Gasteiger partial charge >= 0.3 is 5.97 Å². The van der Waals surface area contributed by atoms with Crippen molar-refractivity contribution < 1.29 is 23.5 Å². The number of pyridine rings is 1. The number of carbonyl (C=O) groups excluding carboxylic acids is 1. The molecule has 3 aromatic carbocycles. The highest BCUT2D eigenvalue weighted by atomic mass is 35.5. The number of fused-ring (bicyclic) bond motifs is 1. The summed E-state index contributed by atoms with van der Waals surface area (Å²) in [5, 5.41) is 16.9. The fraction of sp³-hybridized carbons (Fsp3) is 0.0690. The Morgan fingerprint density at radius 3 is 2.34 bits per heavy atom. The second-order valence-electron chi connectivity index (χ2n) is 8.76. The zero-order valence-electron chi connectivity index (χ0n) is 19.8. The molecule has 0 spiro atoms. The van der Waals surface area contributed by atoms with Crippen LogP contribution in [-0.4, -0.2) is 26.6 Å². The Balaban J connectivity index is 1.54. The molecule has 2 heterocycles. The van der Waals surface area contributed by atoms with E-state index in [9.17, 15) is 18.4 Å². The highest BCUT2D eigenvalue weighted by Gasteiger charge is 2.19. The number of carboxylic acids is 1. The molecule has 0 aliphatic heterocycles. The lowest BCUT2D eigenvalue weighted by Crippen LogP contribution is -2.24. The number of amides is 1. The molecule has 38 heavy (non-hydrogen) atoms. The Morgan fingerprint density at radius 1 is 0.921 bits per heavy atom. The Bertz CT molecular complexity index is 1660. The maximum absolute atomic E-state index is 14.0. The van der Waals surface area contributed by atoms with Crippen LogP contribution in [0.4, 0.5) is 8.78 Å². The predicted octanol–water partition coefficient (Wildman–Crippen LogP) is 6.15. The molecule has 2 aromatic heterocycles. The standard InChI is InChI=1S/C29H20ClF2N3O3/c30-23-3-1-2-18(9-23)8-21-15-34-35-16-22(20-10-24(31)13-25(32)11-20)12-26(27(21)35)28(36)33-14-17-4-6-19(7-5-17)29(37)38/h1-7,9-13,15-16H,8,14H2,(H,33,36)(H,37,38). The molecule has 0 unspecified atom stereocenters. The summed E-state index contributed by atoms with van der Waals surface area (Å²) in [6.45, 7) is 0.140. The summed E-state index contributed by atoms with van der Waals surface area (Å²) in [7, 11) is 0. The average molecular weight is 532 g/mol. The molecule has 0 aliphatic rings. The monoisotopic (exact) mass is 531 g/mol. The summed E-state index contributed by atoms with van der Waals surface area (Å²) >= 11 is 6.15. The minimum Gasteiger partial charge on any atom is -0.478 e. The van der Waals surface area contributed by atoms with Gasteiger partial charge in [0.2, 0.25) is 0 Å². The van der Waals surface area contributed by atoms with Gasteiger partial charge in [-0.2, -0.15) is 5.10 Å². The first kappa shape index (κ1) is 25.1. The number of benzene rings is 3. The number of carboxylic acid groups (broad SMARTS) is 1. The molecule has 5 rings (SSSR count). The van der Waals surface area contributed by atoms with Crippen molar-refractivity contribution in [2.24, 2.45) is 0 Å². The quantitative estimate of drug-likeness (QED) is 0.264. The van der Waals surface area contributed by atoms with Crippen molar-refractivity contribution in [2.75, 3.05) is 0 Å². The summed E-state index contributed by atoms with van der Waals surface area (Å²) in [6.07, 6.45) is 3.72. The number of carbonyl (C=O) groups is 2. The number of hydrogen-bond acceptors (Lipinski definition) is 3. The van der Waals surface area contributed by atoms with Gasteiger partial charge in [0.1, 0.15) is 11.6 Å². The molecule has 0 fully saturated rings. The summed E-state index contributed by atoms with van der Waals surface area (Å²) in [5.41, 5.74) is 4.01. The van der Waals surface area contributed by atoms with E-state index in [2.05, 4.69) is 10.4 Å². The van der Waals surface area contributed by atoms with E-state index in [0.717, 1.165) is 17.2 Å². The first-order chi connectivity index (χ1) is 18.3. The number of hydrogen-bond donors (Lipinski definition) is 2. The second-order valence-corrected chi connectivity index (χ2v) is 9.19. The van der Waals surface area contributed by atoms with E-state index >= 15 is 0 Å². The molecule has 0 bridgehead atoms. The largest absolute Gasteiger partial charge is 0.478 e. The van der Waals surface area contributed by atoms with Crippen molar-refractivity contribution in [3.05, 3.63) is 130 Å². The lowest BCUT2D eigenvalue weighted by Gasteiger charge is -2.12. The van der Waals surface area contributed by atoms with Crippen molar-refractivity contribution in [1.82, 2.24) is 14.9 Å². The summed E-state index contributed by atoms with van der Waals surface area (Å²) < 4.78 is 29.4. The summed E-state index contributed by atoms with van der Waals surface area (Å²) in [5.74, 6) is -2.94. The van der Waals surface area contributed by atoms with Gasteiger partial charge in [0.25, 0.3) is 5.91 Å². The molecular weight excluding hydrogens is 512 g/mol. The average Bonchev–Trinajstić information content (AvgIpc) is 3.29. The van der Waals surface area contributed by atoms with E-state index in [-0.39, 0.29) is 23.2 Å². The van der Waals surface area contributed by atoms with Gasteiger partial charge in [-0.25, -0.2) is 18.1 Å². The third-order valence-electron chi connectivity index (χ3n) is 6.07. The minimum atomic E-state index is -1.04. The number of nitrogens with one attached hydrogen (secondary N) is 1. The Labute approximate surface area is 221 Å². The van der Waals surface area contributed by atoms with Crippen LogP contribution >= 0.6 is 11.6 Å². The molecule has 0 saturated carbocycles. The smallest absolute Gasteiger partial charge is 0.335 e. The van der Waals surface area contributed by atoms with Crippen LogP contribution < -0.4 is 5.32 Å². The van der Waals surface area contributed by atoms with E-state index in [4.69, 9.17) is 16.7 Å². The van der Waals surface area contributed by atoms with Crippen LogP contribution in [0.3, 0.4) is 0 Å². The molecule has 9 heteroatoms. The van der Waals surface area contributed by atoms with Gasteiger partial charge in [-0.1, -0.05) is 35.9 Å². The normalized spacial score (nSPS) is 11.0. The maximum atomic E-state index is 14.0. The second kappa shape index (κ2) is 10.4. The third-order valence-corrected chi connectivity index (χ3v) is 6.30. The van der Waals surface area contributed by atoms with Crippen molar-refractivity contribution >= 4 is 29.0 Å². The molecule has 2 N–H and O–H groups in total. The SMILES string of the molecule is O=C(O)c1ccc(CNC(=O)c2cc(-c3cc(F)cc(F)c3)cn3ncc(Cc4cccc(Cl)c4)c23)cc1. The van der Waals surface area contributed by atoms with E-state index in [1.807, 2.05) is 18.2 Å². The summed E-state index contributed by atoms with van der Waals surface area (Å²) in [6, 6.07) is 18.2. The fourth-order valence-corrected chi connectivity index (χ4v) is 4.49. The van der Waals surface area contributed by atoms with Gasteiger partial charge in [-0.05, 0) is 59.2 Å². The number of nitrogens with zero attached hydrogens (tertiary/aromatic N) is 2. The predicted molar refractivity (Wildman–Crippen MR) is 139 cm³/mol. The lowest BCUT2D eigenvalue weighted by molar-refractivity contribution is 0.0696. The van der Waals surface area contributed by atoms with Crippen molar-refractivity contribution in [1.29, 1.82) is 0 Å².